The summed E-state index contributed by atoms with van der Waals surface area (Å²) in [6, 6.07) is 0. The third kappa shape index (κ3) is 3.32. The number of halogens is 2. The predicted molar refractivity (Wildman–Crippen MR) is 56.5 cm³/mol. The van der Waals surface area contributed by atoms with Crippen LogP contribution in [0.4, 0.5) is 13.6 Å². The van der Waals surface area contributed by atoms with E-state index in [0.29, 0.717) is 13.0 Å². The first kappa shape index (κ1) is 13.2. The van der Waals surface area contributed by atoms with Crippen LogP contribution >= 0.6 is 0 Å². The van der Waals surface area contributed by atoms with Crippen molar-refractivity contribution in [2.45, 2.75) is 45.6 Å². The molecule has 0 saturated carbocycles. The van der Waals surface area contributed by atoms with Crippen LogP contribution in [0.1, 0.15) is 34.1 Å². The zero-order chi connectivity index (χ0) is 12.6. The average Bonchev–Trinajstić information content (AvgIpc) is 2.06. The molecule has 1 amide bonds. The van der Waals surface area contributed by atoms with Crippen molar-refractivity contribution in [3.63, 3.8) is 0 Å². The zero-order valence-electron chi connectivity index (χ0n) is 10.2. The number of nitrogens with zero attached hydrogens (tertiary/aromatic N) is 1. The molecule has 94 valence electrons. The highest BCUT2D eigenvalue weighted by Gasteiger charge is 2.44. The normalized spacial score (nSPS) is 25.4. The molecule has 1 atom stereocenters. The molecule has 1 aliphatic heterocycles. The Hall–Kier alpha value is -0.870. The monoisotopic (exact) mass is 235 g/mol. The smallest absolute Gasteiger partial charge is 0.410 e. The highest BCUT2D eigenvalue weighted by molar-refractivity contribution is 5.68. The molecule has 0 N–H and O–H groups in total. The van der Waals surface area contributed by atoms with Crippen molar-refractivity contribution in [3.05, 3.63) is 0 Å². The number of carbonyl (C=O) groups excluding carboxylic acids is 1. The Bertz CT molecular complexity index is 274. The molecular formula is C11H19F2NO2. The summed E-state index contributed by atoms with van der Waals surface area (Å²) >= 11 is 0. The van der Waals surface area contributed by atoms with Crippen molar-refractivity contribution in [1.29, 1.82) is 0 Å². The van der Waals surface area contributed by atoms with Gasteiger partial charge in [0, 0.05) is 12.5 Å². The van der Waals surface area contributed by atoms with E-state index in [0.717, 1.165) is 4.90 Å². The first-order chi connectivity index (χ1) is 7.12. The molecule has 0 unspecified atom stereocenters. The number of hydrogen-bond acceptors (Lipinski definition) is 2. The molecular weight excluding hydrogens is 216 g/mol. The summed E-state index contributed by atoms with van der Waals surface area (Å²) in [6.45, 7) is 6.46. The van der Waals surface area contributed by atoms with Gasteiger partial charge in [0.25, 0.3) is 5.92 Å². The van der Waals surface area contributed by atoms with Gasteiger partial charge < -0.3 is 9.64 Å². The van der Waals surface area contributed by atoms with Crippen molar-refractivity contribution in [2.24, 2.45) is 5.92 Å². The van der Waals surface area contributed by atoms with Gasteiger partial charge in [-0.15, -0.1) is 0 Å². The number of amides is 1. The van der Waals surface area contributed by atoms with Crippen LogP contribution < -0.4 is 0 Å². The molecule has 0 aromatic rings. The van der Waals surface area contributed by atoms with Crippen LogP contribution in [0, 0.1) is 5.92 Å². The molecule has 0 bridgehead atoms. The van der Waals surface area contributed by atoms with E-state index in [2.05, 4.69) is 0 Å². The molecule has 16 heavy (non-hydrogen) atoms. The second-order valence-corrected chi connectivity index (χ2v) is 5.35. The first-order valence-electron chi connectivity index (χ1n) is 5.47. The fraction of sp³-hybridized carbons (Fsp3) is 0.909. The quantitative estimate of drug-likeness (QED) is 0.646. The predicted octanol–water partition coefficient (Wildman–Crippen LogP) is 2.90. The molecule has 0 spiro atoms. The van der Waals surface area contributed by atoms with Crippen LogP contribution in [0.25, 0.3) is 0 Å². The van der Waals surface area contributed by atoms with Gasteiger partial charge in [-0.3, -0.25) is 0 Å². The number of rotatable bonds is 0. The van der Waals surface area contributed by atoms with Crippen molar-refractivity contribution in [1.82, 2.24) is 4.90 Å². The maximum Gasteiger partial charge on any atom is 0.410 e. The van der Waals surface area contributed by atoms with E-state index in [-0.39, 0.29) is 0 Å². The highest BCUT2D eigenvalue weighted by Crippen LogP contribution is 2.32. The molecule has 0 aromatic heterocycles. The van der Waals surface area contributed by atoms with Gasteiger partial charge in [-0.25, -0.2) is 13.6 Å². The molecule has 0 radical (unpaired) electrons. The Morgan fingerprint density at radius 3 is 2.44 bits per heavy atom. The van der Waals surface area contributed by atoms with Gasteiger partial charge >= 0.3 is 6.09 Å². The third-order valence-electron chi connectivity index (χ3n) is 2.61. The van der Waals surface area contributed by atoms with Crippen molar-refractivity contribution < 1.29 is 18.3 Å². The largest absolute Gasteiger partial charge is 0.444 e. The standard InChI is InChI=1S/C11H19F2NO2/c1-8-5-6-14(7-11(8,12)13)9(15)16-10(2,3)4/h8H,5-7H2,1-4H3/t8-/m0/s1. The fourth-order valence-corrected chi connectivity index (χ4v) is 1.53. The molecule has 1 aliphatic rings. The molecule has 5 heteroatoms. The fourth-order valence-electron chi connectivity index (χ4n) is 1.53. The maximum atomic E-state index is 13.4. The molecule has 1 heterocycles. The lowest BCUT2D eigenvalue weighted by molar-refractivity contribution is -0.104. The number of likely N-dealkylation sites (tertiary alicyclic amines) is 1. The Kier molecular flexibility index (Phi) is 3.45. The Morgan fingerprint density at radius 1 is 1.44 bits per heavy atom. The Balaban J connectivity index is 2.60. The van der Waals surface area contributed by atoms with E-state index in [9.17, 15) is 13.6 Å². The number of piperidine rings is 1. The molecule has 0 aromatic carbocycles. The number of carbonyl (C=O) groups is 1. The van der Waals surface area contributed by atoms with Crippen LogP contribution in [0.2, 0.25) is 0 Å². The van der Waals surface area contributed by atoms with Crippen LogP contribution in [-0.2, 0) is 4.74 Å². The molecule has 1 saturated heterocycles. The van der Waals surface area contributed by atoms with E-state index in [1.54, 1.807) is 20.8 Å². The summed E-state index contributed by atoms with van der Waals surface area (Å²) in [6.07, 6.45) is -0.342. The number of ether oxygens (including phenoxy) is 1. The summed E-state index contributed by atoms with van der Waals surface area (Å²) in [7, 11) is 0. The van der Waals surface area contributed by atoms with Crippen LogP contribution in [-0.4, -0.2) is 35.6 Å². The van der Waals surface area contributed by atoms with E-state index in [4.69, 9.17) is 4.74 Å². The van der Waals surface area contributed by atoms with E-state index in [1.807, 2.05) is 0 Å². The minimum absolute atomic E-state index is 0.312. The lowest BCUT2D eigenvalue weighted by atomic mass is 9.95. The maximum absolute atomic E-state index is 13.4. The van der Waals surface area contributed by atoms with Crippen molar-refractivity contribution in [3.8, 4) is 0 Å². The van der Waals surface area contributed by atoms with Gasteiger partial charge in [-0.1, -0.05) is 6.92 Å². The van der Waals surface area contributed by atoms with E-state index < -0.39 is 30.1 Å². The Labute approximate surface area is 94.7 Å². The number of alkyl halides is 2. The summed E-state index contributed by atoms with van der Waals surface area (Å²) in [4.78, 5) is 12.7. The molecule has 1 fully saturated rings. The van der Waals surface area contributed by atoms with Crippen molar-refractivity contribution in [2.75, 3.05) is 13.1 Å². The van der Waals surface area contributed by atoms with Gasteiger partial charge in [0.15, 0.2) is 0 Å². The highest BCUT2D eigenvalue weighted by atomic mass is 19.3. The van der Waals surface area contributed by atoms with Crippen LogP contribution in [0.3, 0.4) is 0 Å². The number of hydrogen-bond donors (Lipinski definition) is 0. The van der Waals surface area contributed by atoms with Gasteiger partial charge in [0.2, 0.25) is 0 Å². The van der Waals surface area contributed by atoms with Gasteiger partial charge in [-0.2, -0.15) is 0 Å². The van der Waals surface area contributed by atoms with Gasteiger partial charge in [-0.05, 0) is 27.2 Å². The van der Waals surface area contributed by atoms with Crippen LogP contribution in [0.15, 0.2) is 0 Å². The van der Waals surface area contributed by atoms with E-state index >= 15 is 0 Å². The topological polar surface area (TPSA) is 29.5 Å². The van der Waals surface area contributed by atoms with Crippen LogP contribution in [0.5, 0.6) is 0 Å². The summed E-state index contributed by atoms with van der Waals surface area (Å²) in [5.41, 5.74) is -0.643. The second-order valence-electron chi connectivity index (χ2n) is 5.35. The van der Waals surface area contributed by atoms with Crippen molar-refractivity contribution >= 4 is 6.09 Å². The van der Waals surface area contributed by atoms with Gasteiger partial charge in [0.05, 0.1) is 6.54 Å². The summed E-state index contributed by atoms with van der Waals surface area (Å²) in [5, 5.41) is 0. The Morgan fingerprint density at radius 2 is 2.00 bits per heavy atom. The zero-order valence-corrected chi connectivity index (χ0v) is 10.2. The molecule has 3 nitrogen and oxygen atoms in total. The minimum Gasteiger partial charge on any atom is -0.444 e. The SMILES string of the molecule is C[C@H]1CCN(C(=O)OC(C)(C)C)CC1(F)F. The third-order valence-corrected chi connectivity index (χ3v) is 2.61. The lowest BCUT2D eigenvalue weighted by Gasteiger charge is -2.37. The molecule has 1 rings (SSSR count). The van der Waals surface area contributed by atoms with Gasteiger partial charge in [0.1, 0.15) is 5.60 Å². The van der Waals surface area contributed by atoms with E-state index in [1.165, 1.54) is 6.92 Å². The lowest BCUT2D eigenvalue weighted by Crippen LogP contribution is -2.51. The summed E-state index contributed by atoms with van der Waals surface area (Å²) < 4.78 is 31.8. The molecule has 0 aliphatic carbocycles. The minimum atomic E-state index is -2.81. The first-order valence-corrected chi connectivity index (χ1v) is 5.47. The average molecular weight is 235 g/mol. The second kappa shape index (κ2) is 4.18. The summed E-state index contributed by atoms with van der Waals surface area (Å²) in [5.74, 6) is -3.49.